The highest BCUT2D eigenvalue weighted by Crippen LogP contribution is 2.52. The van der Waals surface area contributed by atoms with E-state index in [0.29, 0.717) is 22.8 Å². The molecule has 2 rings (SSSR count). The Morgan fingerprint density at radius 3 is 2.37 bits per heavy atom. The van der Waals surface area contributed by atoms with Crippen LogP contribution < -0.4 is 0 Å². The molecule has 0 bridgehead atoms. The molecule has 0 saturated heterocycles. The second-order valence-corrected chi connectivity index (χ2v) is 9.33. The van der Waals surface area contributed by atoms with Gasteiger partial charge in [0.15, 0.2) is 0 Å². The summed E-state index contributed by atoms with van der Waals surface area (Å²) in [5.74, 6) is 1.07. The smallest absolute Gasteiger partial charge is 0.134 e. The summed E-state index contributed by atoms with van der Waals surface area (Å²) in [6.45, 7) is 19.0. The molecule has 1 aromatic rings. The lowest BCUT2D eigenvalue weighted by Gasteiger charge is -2.40. The van der Waals surface area contributed by atoms with E-state index in [2.05, 4.69) is 47.3 Å². The summed E-state index contributed by atoms with van der Waals surface area (Å²) >= 11 is 0. The third-order valence-corrected chi connectivity index (χ3v) is 6.17. The third kappa shape index (κ3) is 6.06. The van der Waals surface area contributed by atoms with Gasteiger partial charge in [-0.15, -0.1) is 0 Å². The second-order valence-electron chi connectivity index (χ2n) is 9.33. The summed E-state index contributed by atoms with van der Waals surface area (Å²) in [7, 11) is 1.58. The van der Waals surface area contributed by atoms with Crippen LogP contribution in [0.15, 0.2) is 24.3 Å². The first-order chi connectivity index (χ1) is 14.1. The molecule has 0 aromatic heterocycles. The van der Waals surface area contributed by atoms with Gasteiger partial charge in [0.2, 0.25) is 0 Å². The predicted octanol–water partition coefficient (Wildman–Crippen LogP) is 7.96. The molecule has 1 aliphatic rings. The Morgan fingerprint density at radius 1 is 1.20 bits per heavy atom. The molecule has 0 fully saturated rings. The van der Waals surface area contributed by atoms with Crippen molar-refractivity contribution in [1.82, 2.24) is 0 Å². The molecule has 0 amide bonds. The van der Waals surface area contributed by atoms with Gasteiger partial charge in [-0.05, 0) is 55.6 Å². The molecule has 2 unspecified atom stereocenters. The van der Waals surface area contributed by atoms with E-state index in [4.69, 9.17) is 4.74 Å². The summed E-state index contributed by atoms with van der Waals surface area (Å²) < 4.78 is 5.41. The lowest BCUT2D eigenvalue weighted by Crippen LogP contribution is -2.29. The molecular weight excluding hydrogens is 372 g/mol. The van der Waals surface area contributed by atoms with E-state index in [9.17, 15) is 10.2 Å². The van der Waals surface area contributed by atoms with Crippen LogP contribution in [-0.2, 0) is 11.2 Å². The van der Waals surface area contributed by atoms with Crippen LogP contribution in [0.2, 0.25) is 0 Å². The Morgan fingerprint density at radius 2 is 1.83 bits per heavy atom. The maximum Gasteiger partial charge on any atom is 0.134 e. The quantitative estimate of drug-likeness (QED) is 0.269. The average molecular weight is 417 g/mol. The van der Waals surface area contributed by atoms with Crippen molar-refractivity contribution in [2.45, 2.75) is 92.9 Å². The van der Waals surface area contributed by atoms with Gasteiger partial charge in [0.05, 0.1) is 12.7 Å². The summed E-state index contributed by atoms with van der Waals surface area (Å²) in [6.07, 6.45) is 8.36. The van der Waals surface area contributed by atoms with Crippen LogP contribution in [0.25, 0.3) is 5.76 Å². The molecule has 170 valence electrons. The monoisotopic (exact) mass is 416 g/mol. The Hall–Kier alpha value is -1.90. The van der Waals surface area contributed by atoms with Crippen LogP contribution in [0.5, 0.6) is 11.5 Å². The fourth-order valence-corrected chi connectivity index (χ4v) is 4.55. The normalized spacial score (nSPS) is 18.9. The molecule has 3 nitrogen and oxygen atoms in total. The van der Waals surface area contributed by atoms with Crippen LogP contribution in [0.3, 0.4) is 0 Å². The molecule has 1 aliphatic carbocycles. The van der Waals surface area contributed by atoms with Gasteiger partial charge in [0.25, 0.3) is 0 Å². The predicted molar refractivity (Wildman–Crippen MR) is 129 cm³/mol. The van der Waals surface area contributed by atoms with Crippen molar-refractivity contribution in [3.63, 3.8) is 0 Å². The fraction of sp³-hybridized carbons (Fsp3) is 0.630. The van der Waals surface area contributed by atoms with Crippen LogP contribution in [0.4, 0.5) is 0 Å². The first-order valence-electron chi connectivity index (χ1n) is 11.6. The number of hydrogen-bond acceptors (Lipinski definition) is 3. The lowest BCUT2D eigenvalue weighted by atomic mass is 9.65. The van der Waals surface area contributed by atoms with Gasteiger partial charge in [-0.3, -0.25) is 0 Å². The maximum atomic E-state index is 11.3. The van der Waals surface area contributed by atoms with E-state index in [1.807, 2.05) is 19.9 Å². The zero-order valence-electron chi connectivity index (χ0n) is 20.6. The zero-order chi connectivity index (χ0) is 23.1. The number of methoxy groups -OCH3 is 1. The van der Waals surface area contributed by atoms with Gasteiger partial charge in [-0.2, -0.15) is 0 Å². The van der Waals surface area contributed by atoms with E-state index >= 15 is 0 Å². The molecule has 2 N–H and O–H groups in total. The molecule has 0 heterocycles. The first kappa shape index (κ1) is 26.1. The number of aryl methyl sites for hydroxylation is 1. The van der Waals surface area contributed by atoms with Crippen LogP contribution in [-0.4, -0.2) is 17.3 Å². The Kier molecular flexibility index (Phi) is 10.0. The first-order valence-corrected chi connectivity index (χ1v) is 11.6. The Balaban J connectivity index is 0.00000218. The van der Waals surface area contributed by atoms with E-state index in [1.54, 1.807) is 7.11 Å². The number of ether oxygens (including phenoxy) is 1. The number of aromatic hydroxyl groups is 2. The van der Waals surface area contributed by atoms with Crippen molar-refractivity contribution in [2.75, 3.05) is 7.11 Å². The number of hydrogen-bond donors (Lipinski definition) is 2. The van der Waals surface area contributed by atoms with Gasteiger partial charge in [-0.25, -0.2) is 0 Å². The molecule has 0 radical (unpaired) electrons. The standard InChI is InChI=1S/C25H38O3.C2H6/c1-8-9-10-11-18-15-21(26)23(24(27)22(18)17(3)28-7)19-14-16(2)12-13-20(19)25(4,5)6;1-2/h14-15,19-20,26-27H,3,8-13H2,1-2,4-7H3;1-2H3. The summed E-state index contributed by atoms with van der Waals surface area (Å²) in [5, 5.41) is 22.3. The van der Waals surface area contributed by atoms with E-state index < -0.39 is 0 Å². The van der Waals surface area contributed by atoms with Crippen molar-refractivity contribution < 1.29 is 14.9 Å². The van der Waals surface area contributed by atoms with Crippen LogP contribution in [0, 0.1) is 11.3 Å². The minimum Gasteiger partial charge on any atom is -0.507 e. The van der Waals surface area contributed by atoms with Crippen molar-refractivity contribution in [1.29, 1.82) is 0 Å². The number of unbranched alkanes of at least 4 members (excludes halogenated alkanes) is 2. The summed E-state index contributed by atoms with van der Waals surface area (Å²) in [6, 6.07) is 1.82. The Bertz CT molecular complexity index is 737. The average Bonchev–Trinajstić information content (AvgIpc) is 2.68. The largest absolute Gasteiger partial charge is 0.507 e. The Labute approximate surface area is 184 Å². The second kappa shape index (κ2) is 11.5. The van der Waals surface area contributed by atoms with Gasteiger partial charge >= 0.3 is 0 Å². The van der Waals surface area contributed by atoms with Gasteiger partial charge in [0, 0.05) is 11.5 Å². The number of benzene rings is 1. The van der Waals surface area contributed by atoms with E-state index in [-0.39, 0.29) is 22.8 Å². The fourth-order valence-electron chi connectivity index (χ4n) is 4.55. The molecule has 2 atom stereocenters. The molecule has 0 spiro atoms. The van der Waals surface area contributed by atoms with Crippen LogP contribution >= 0.6 is 0 Å². The molecule has 3 heteroatoms. The number of allylic oxidation sites excluding steroid dienone is 2. The number of phenols is 2. The number of phenolic OH excluding ortho intramolecular Hbond substituents is 2. The third-order valence-electron chi connectivity index (χ3n) is 6.17. The molecule has 30 heavy (non-hydrogen) atoms. The summed E-state index contributed by atoms with van der Waals surface area (Å²) in [5.41, 5.74) is 3.55. The molecular formula is C27H44O3. The van der Waals surface area contributed by atoms with E-state index in [0.717, 1.165) is 44.1 Å². The molecule has 1 aromatic carbocycles. The highest BCUT2D eigenvalue weighted by molar-refractivity contribution is 5.72. The minimum absolute atomic E-state index is 0.0261. The van der Waals surface area contributed by atoms with Gasteiger partial charge < -0.3 is 14.9 Å². The SMILES string of the molecule is C=C(OC)c1c(CCCCC)cc(O)c(C2C=C(C)CCC2C(C)(C)C)c1O.CC. The van der Waals surface area contributed by atoms with Crippen molar-refractivity contribution in [2.24, 2.45) is 11.3 Å². The van der Waals surface area contributed by atoms with Gasteiger partial charge in [-0.1, -0.05) is 72.6 Å². The van der Waals surface area contributed by atoms with Crippen LogP contribution in [0.1, 0.15) is 103 Å². The van der Waals surface area contributed by atoms with Crippen molar-refractivity contribution >= 4 is 5.76 Å². The van der Waals surface area contributed by atoms with Crippen molar-refractivity contribution in [3.8, 4) is 11.5 Å². The van der Waals surface area contributed by atoms with Crippen molar-refractivity contribution in [3.05, 3.63) is 41.0 Å². The minimum atomic E-state index is -0.0261. The molecule has 0 saturated carbocycles. The maximum absolute atomic E-state index is 11.3. The zero-order valence-corrected chi connectivity index (χ0v) is 20.6. The van der Waals surface area contributed by atoms with Gasteiger partial charge in [0.1, 0.15) is 17.3 Å². The number of rotatable bonds is 7. The lowest BCUT2D eigenvalue weighted by molar-refractivity contribution is 0.194. The molecule has 0 aliphatic heterocycles. The summed E-state index contributed by atoms with van der Waals surface area (Å²) in [4.78, 5) is 0. The topological polar surface area (TPSA) is 49.7 Å². The highest BCUT2D eigenvalue weighted by Gasteiger charge is 2.37. The van der Waals surface area contributed by atoms with E-state index in [1.165, 1.54) is 5.57 Å². The highest BCUT2D eigenvalue weighted by atomic mass is 16.5.